The Balaban J connectivity index is 1.84. The molecule has 1 aliphatic rings. The first kappa shape index (κ1) is 17.0. The minimum atomic E-state index is -0.279. The normalized spacial score (nSPS) is 16.9. The number of hydrogen-bond acceptors (Lipinski definition) is 4. The Morgan fingerprint density at radius 1 is 1.29 bits per heavy atom. The van der Waals surface area contributed by atoms with Gasteiger partial charge in [0.25, 0.3) is 5.91 Å². The first-order valence-corrected chi connectivity index (χ1v) is 8.89. The first-order valence-electron chi connectivity index (χ1n) is 8.08. The van der Waals surface area contributed by atoms with E-state index in [4.69, 9.17) is 9.47 Å². The second-order valence-corrected chi connectivity index (χ2v) is 7.90. The number of ether oxygens (including phenoxy) is 2. The standard InChI is InChI=1S/C19H23NO3S/c1-13-16(14-5-7-15(22-4)8-6-14)11-17(24-13)18(21)20-9-10-23-19(2,3)12-20/h5-8,11H,9-10,12H2,1-4H3. The Hall–Kier alpha value is -1.85. The minimum Gasteiger partial charge on any atom is -0.497 e. The lowest BCUT2D eigenvalue weighted by Gasteiger charge is -2.37. The molecule has 1 aromatic heterocycles. The third kappa shape index (κ3) is 3.47. The molecular formula is C19H23NO3S. The van der Waals surface area contributed by atoms with Crippen LogP contribution in [0.15, 0.2) is 30.3 Å². The van der Waals surface area contributed by atoms with Crippen molar-refractivity contribution in [2.45, 2.75) is 26.4 Å². The molecule has 1 aromatic carbocycles. The van der Waals surface area contributed by atoms with Gasteiger partial charge in [-0.25, -0.2) is 0 Å². The van der Waals surface area contributed by atoms with E-state index in [9.17, 15) is 4.79 Å². The van der Waals surface area contributed by atoms with Gasteiger partial charge in [-0.1, -0.05) is 12.1 Å². The fourth-order valence-electron chi connectivity index (χ4n) is 2.99. The number of methoxy groups -OCH3 is 1. The highest BCUT2D eigenvalue weighted by Crippen LogP contribution is 2.33. The molecule has 1 amide bonds. The van der Waals surface area contributed by atoms with Gasteiger partial charge in [-0.3, -0.25) is 4.79 Å². The summed E-state index contributed by atoms with van der Waals surface area (Å²) < 4.78 is 10.9. The first-order chi connectivity index (χ1) is 11.4. The quantitative estimate of drug-likeness (QED) is 0.844. The molecule has 0 radical (unpaired) electrons. The van der Waals surface area contributed by atoms with Crippen molar-refractivity contribution in [2.24, 2.45) is 0 Å². The number of rotatable bonds is 3. The number of thiophene rings is 1. The van der Waals surface area contributed by atoms with E-state index >= 15 is 0 Å². The fourth-order valence-corrected chi connectivity index (χ4v) is 4.00. The van der Waals surface area contributed by atoms with Crippen molar-refractivity contribution in [3.63, 3.8) is 0 Å². The summed E-state index contributed by atoms with van der Waals surface area (Å²) >= 11 is 1.56. The highest BCUT2D eigenvalue weighted by molar-refractivity contribution is 7.14. The Morgan fingerprint density at radius 2 is 2.00 bits per heavy atom. The van der Waals surface area contributed by atoms with E-state index in [-0.39, 0.29) is 11.5 Å². The summed E-state index contributed by atoms with van der Waals surface area (Å²) in [5.74, 6) is 0.928. The molecule has 2 aromatic rings. The molecule has 0 spiro atoms. The number of carbonyl (C=O) groups excluding carboxylic acids is 1. The number of benzene rings is 1. The molecule has 24 heavy (non-hydrogen) atoms. The molecule has 0 saturated carbocycles. The molecule has 0 unspecified atom stereocenters. The van der Waals surface area contributed by atoms with Gasteiger partial charge in [-0.2, -0.15) is 0 Å². The van der Waals surface area contributed by atoms with Crippen LogP contribution in [0.3, 0.4) is 0 Å². The van der Waals surface area contributed by atoms with Crippen LogP contribution in [0.25, 0.3) is 11.1 Å². The maximum absolute atomic E-state index is 12.8. The molecular weight excluding hydrogens is 322 g/mol. The summed E-state index contributed by atoms with van der Waals surface area (Å²) in [4.78, 5) is 16.7. The Morgan fingerprint density at radius 3 is 2.62 bits per heavy atom. The molecule has 0 bridgehead atoms. The molecule has 1 aliphatic heterocycles. The van der Waals surface area contributed by atoms with Gasteiger partial charge < -0.3 is 14.4 Å². The number of morpholine rings is 1. The van der Waals surface area contributed by atoms with Crippen LogP contribution in [-0.4, -0.2) is 43.2 Å². The van der Waals surface area contributed by atoms with Crippen molar-refractivity contribution in [3.05, 3.63) is 40.1 Å². The van der Waals surface area contributed by atoms with Crippen molar-refractivity contribution < 1.29 is 14.3 Å². The molecule has 3 rings (SSSR count). The SMILES string of the molecule is COc1ccc(-c2cc(C(=O)N3CCOC(C)(C)C3)sc2C)cc1. The van der Waals surface area contributed by atoms with E-state index in [1.54, 1.807) is 18.4 Å². The Labute approximate surface area is 147 Å². The molecule has 128 valence electrons. The number of hydrogen-bond donors (Lipinski definition) is 0. The minimum absolute atomic E-state index is 0.0965. The molecule has 0 atom stereocenters. The summed E-state index contributed by atoms with van der Waals surface area (Å²) in [6.07, 6.45) is 0. The fraction of sp³-hybridized carbons (Fsp3) is 0.421. The van der Waals surface area contributed by atoms with Crippen LogP contribution < -0.4 is 4.74 Å². The average Bonchev–Trinajstić information content (AvgIpc) is 2.95. The van der Waals surface area contributed by atoms with Crippen molar-refractivity contribution in [1.29, 1.82) is 0 Å². The molecule has 5 heteroatoms. The number of carbonyl (C=O) groups is 1. The predicted molar refractivity (Wildman–Crippen MR) is 97.0 cm³/mol. The van der Waals surface area contributed by atoms with Crippen molar-refractivity contribution in [3.8, 4) is 16.9 Å². The van der Waals surface area contributed by atoms with E-state index < -0.39 is 0 Å². The molecule has 1 saturated heterocycles. The van der Waals surface area contributed by atoms with Gasteiger partial charge in [0.05, 0.1) is 24.2 Å². The second kappa shape index (κ2) is 6.57. The zero-order valence-corrected chi connectivity index (χ0v) is 15.4. The van der Waals surface area contributed by atoms with Crippen LogP contribution in [-0.2, 0) is 4.74 Å². The molecule has 0 N–H and O–H groups in total. The maximum Gasteiger partial charge on any atom is 0.264 e. The van der Waals surface area contributed by atoms with Crippen LogP contribution in [0.4, 0.5) is 0 Å². The summed E-state index contributed by atoms with van der Waals surface area (Å²) in [6, 6.07) is 9.95. The van der Waals surface area contributed by atoms with Crippen LogP contribution in [0.1, 0.15) is 28.4 Å². The lowest BCUT2D eigenvalue weighted by molar-refractivity contribution is -0.0763. The highest BCUT2D eigenvalue weighted by atomic mass is 32.1. The molecule has 0 aliphatic carbocycles. The predicted octanol–water partition coefficient (Wildman–Crippen LogP) is 3.98. The smallest absolute Gasteiger partial charge is 0.264 e. The summed E-state index contributed by atoms with van der Waals surface area (Å²) in [5, 5.41) is 0. The van der Waals surface area contributed by atoms with Gasteiger partial charge in [0.1, 0.15) is 5.75 Å². The second-order valence-electron chi connectivity index (χ2n) is 6.64. The molecule has 4 nitrogen and oxygen atoms in total. The van der Waals surface area contributed by atoms with E-state index in [1.807, 2.05) is 49.1 Å². The van der Waals surface area contributed by atoms with Gasteiger partial charge in [0.2, 0.25) is 0 Å². The number of amides is 1. The number of aryl methyl sites for hydroxylation is 1. The van der Waals surface area contributed by atoms with Crippen molar-refractivity contribution in [1.82, 2.24) is 4.90 Å². The van der Waals surface area contributed by atoms with Gasteiger partial charge >= 0.3 is 0 Å². The summed E-state index contributed by atoms with van der Waals surface area (Å²) in [7, 11) is 1.66. The van der Waals surface area contributed by atoms with E-state index in [1.165, 1.54) is 0 Å². The van der Waals surface area contributed by atoms with Crippen LogP contribution in [0.5, 0.6) is 5.75 Å². The van der Waals surface area contributed by atoms with Gasteiger partial charge in [-0.05, 0) is 50.1 Å². The van der Waals surface area contributed by atoms with Crippen molar-refractivity contribution in [2.75, 3.05) is 26.8 Å². The van der Waals surface area contributed by atoms with E-state index in [0.29, 0.717) is 19.7 Å². The zero-order valence-electron chi connectivity index (χ0n) is 14.6. The zero-order chi connectivity index (χ0) is 17.3. The largest absolute Gasteiger partial charge is 0.497 e. The van der Waals surface area contributed by atoms with Crippen LogP contribution in [0.2, 0.25) is 0 Å². The monoisotopic (exact) mass is 345 g/mol. The maximum atomic E-state index is 12.8. The van der Waals surface area contributed by atoms with Crippen molar-refractivity contribution >= 4 is 17.2 Å². The van der Waals surface area contributed by atoms with Gasteiger partial charge in [0.15, 0.2) is 0 Å². The Bertz CT molecular complexity index is 734. The lowest BCUT2D eigenvalue weighted by Crippen LogP contribution is -2.50. The lowest BCUT2D eigenvalue weighted by atomic mass is 10.1. The third-order valence-electron chi connectivity index (χ3n) is 4.24. The third-order valence-corrected chi connectivity index (χ3v) is 5.28. The Kier molecular flexibility index (Phi) is 4.65. The molecule has 2 heterocycles. The topological polar surface area (TPSA) is 38.8 Å². The van der Waals surface area contributed by atoms with Gasteiger partial charge in [0, 0.05) is 18.0 Å². The molecule has 1 fully saturated rings. The average molecular weight is 345 g/mol. The van der Waals surface area contributed by atoms with E-state index in [2.05, 4.69) is 6.92 Å². The summed E-state index contributed by atoms with van der Waals surface area (Å²) in [5.41, 5.74) is 1.93. The van der Waals surface area contributed by atoms with Crippen LogP contribution in [0, 0.1) is 6.92 Å². The van der Waals surface area contributed by atoms with E-state index in [0.717, 1.165) is 26.6 Å². The van der Waals surface area contributed by atoms with Crippen LogP contribution >= 0.6 is 11.3 Å². The highest BCUT2D eigenvalue weighted by Gasteiger charge is 2.31. The number of nitrogens with zero attached hydrogens (tertiary/aromatic N) is 1. The van der Waals surface area contributed by atoms with Gasteiger partial charge in [-0.15, -0.1) is 11.3 Å². The summed E-state index contributed by atoms with van der Waals surface area (Å²) in [6.45, 7) is 7.97.